The van der Waals surface area contributed by atoms with Gasteiger partial charge in [0.25, 0.3) is 0 Å². The van der Waals surface area contributed by atoms with Crippen LogP contribution in [0.5, 0.6) is 0 Å². The number of amides is 2. The van der Waals surface area contributed by atoms with Gasteiger partial charge in [-0.2, -0.15) is 0 Å². The first-order valence-electron chi connectivity index (χ1n) is 6.28. The number of urea groups is 1. The second kappa shape index (κ2) is 5.76. The maximum Gasteiger partial charge on any atom is 0.326 e. The zero-order valence-electron chi connectivity index (χ0n) is 11.2. The third kappa shape index (κ3) is 3.07. The summed E-state index contributed by atoms with van der Waals surface area (Å²) in [7, 11) is 0. The molecule has 0 radical (unpaired) electrons. The normalized spacial score (nSPS) is 23.6. The Labute approximate surface area is 120 Å². The predicted molar refractivity (Wildman–Crippen MR) is 72.6 cm³/mol. The first-order chi connectivity index (χ1) is 9.38. The monoisotopic (exact) mass is 299 g/mol. The minimum Gasteiger partial charge on any atom is -0.480 e. The van der Waals surface area contributed by atoms with Gasteiger partial charge in [0.2, 0.25) is 0 Å². The molecule has 0 saturated carbocycles. The van der Waals surface area contributed by atoms with E-state index in [2.05, 4.69) is 10.3 Å². The fraction of sp³-hybridized carbons (Fsp3) is 0.583. The standard InChI is InChI=1S/C12H17N3O4S/c1-6-5-20-10(13-6)7(2)14-12(19)15-4-8(16)3-9(15)11(17)18/h5,7-9,16H,3-4H2,1-2H3,(H,14,19)(H,17,18)/t7?,8-,9-/m0/s1. The third-order valence-corrected chi connectivity index (χ3v) is 4.32. The lowest BCUT2D eigenvalue weighted by molar-refractivity contribution is -0.141. The zero-order valence-corrected chi connectivity index (χ0v) is 12.1. The van der Waals surface area contributed by atoms with Gasteiger partial charge in [0.05, 0.1) is 12.1 Å². The second-order valence-corrected chi connectivity index (χ2v) is 5.78. The molecule has 110 valence electrons. The van der Waals surface area contributed by atoms with Crippen LogP contribution in [-0.4, -0.2) is 50.8 Å². The van der Waals surface area contributed by atoms with Gasteiger partial charge in [0, 0.05) is 24.0 Å². The van der Waals surface area contributed by atoms with Crippen LogP contribution in [0.3, 0.4) is 0 Å². The molecule has 1 saturated heterocycles. The number of aliphatic carboxylic acids is 1. The molecule has 20 heavy (non-hydrogen) atoms. The van der Waals surface area contributed by atoms with Crippen LogP contribution in [0.1, 0.15) is 30.1 Å². The number of carbonyl (C=O) groups is 2. The molecule has 1 aliphatic rings. The largest absolute Gasteiger partial charge is 0.480 e. The number of carboxylic acid groups (broad SMARTS) is 1. The average molecular weight is 299 g/mol. The van der Waals surface area contributed by atoms with Gasteiger partial charge in [-0.15, -0.1) is 11.3 Å². The highest BCUT2D eigenvalue weighted by molar-refractivity contribution is 7.09. The maximum atomic E-state index is 12.1. The van der Waals surface area contributed by atoms with E-state index in [1.54, 1.807) is 6.92 Å². The number of thiazole rings is 1. The molecule has 2 heterocycles. The van der Waals surface area contributed by atoms with Gasteiger partial charge in [0.1, 0.15) is 11.0 Å². The van der Waals surface area contributed by atoms with E-state index < -0.39 is 24.1 Å². The molecular formula is C12H17N3O4S. The van der Waals surface area contributed by atoms with Crippen LogP contribution >= 0.6 is 11.3 Å². The Morgan fingerprint density at radius 2 is 2.30 bits per heavy atom. The summed E-state index contributed by atoms with van der Waals surface area (Å²) in [5, 5.41) is 24.0. The molecule has 2 amide bonds. The Bertz CT molecular complexity index is 519. The van der Waals surface area contributed by atoms with Crippen LogP contribution < -0.4 is 5.32 Å². The molecule has 3 N–H and O–H groups in total. The van der Waals surface area contributed by atoms with E-state index in [-0.39, 0.29) is 19.0 Å². The summed E-state index contributed by atoms with van der Waals surface area (Å²) in [5.41, 5.74) is 0.881. The number of carboxylic acids is 1. The molecule has 0 bridgehead atoms. The van der Waals surface area contributed by atoms with Gasteiger partial charge in [-0.1, -0.05) is 0 Å². The highest BCUT2D eigenvalue weighted by atomic mass is 32.1. The van der Waals surface area contributed by atoms with Crippen LogP contribution in [0.25, 0.3) is 0 Å². The summed E-state index contributed by atoms with van der Waals surface area (Å²) in [6.07, 6.45) is -0.729. The van der Waals surface area contributed by atoms with Crippen molar-refractivity contribution >= 4 is 23.3 Å². The first-order valence-corrected chi connectivity index (χ1v) is 7.16. The van der Waals surface area contributed by atoms with Gasteiger partial charge in [-0.05, 0) is 13.8 Å². The highest BCUT2D eigenvalue weighted by Crippen LogP contribution is 2.21. The number of hydrogen-bond acceptors (Lipinski definition) is 5. The Kier molecular flexibility index (Phi) is 4.24. The van der Waals surface area contributed by atoms with E-state index >= 15 is 0 Å². The topological polar surface area (TPSA) is 103 Å². The van der Waals surface area contributed by atoms with E-state index in [1.807, 2.05) is 12.3 Å². The molecule has 3 atom stereocenters. The van der Waals surface area contributed by atoms with E-state index in [1.165, 1.54) is 11.3 Å². The summed E-state index contributed by atoms with van der Waals surface area (Å²) >= 11 is 1.44. The molecule has 2 rings (SSSR count). The van der Waals surface area contributed by atoms with Crippen molar-refractivity contribution < 1.29 is 19.8 Å². The predicted octanol–water partition coefficient (Wildman–Crippen LogP) is 0.742. The number of aliphatic hydroxyl groups excluding tert-OH is 1. The molecule has 1 aromatic heterocycles. The Morgan fingerprint density at radius 1 is 1.60 bits per heavy atom. The van der Waals surface area contributed by atoms with Crippen LogP contribution in [0.4, 0.5) is 4.79 Å². The van der Waals surface area contributed by atoms with Crippen molar-refractivity contribution in [1.29, 1.82) is 0 Å². The number of aliphatic hydroxyl groups is 1. The number of nitrogens with zero attached hydrogens (tertiary/aromatic N) is 2. The van der Waals surface area contributed by atoms with Crippen LogP contribution in [0.15, 0.2) is 5.38 Å². The average Bonchev–Trinajstić information content (AvgIpc) is 2.95. The second-order valence-electron chi connectivity index (χ2n) is 4.89. The lowest BCUT2D eigenvalue weighted by Crippen LogP contribution is -2.46. The van der Waals surface area contributed by atoms with Gasteiger partial charge < -0.3 is 20.4 Å². The van der Waals surface area contributed by atoms with Gasteiger partial charge in [0.15, 0.2) is 0 Å². The summed E-state index contributed by atoms with van der Waals surface area (Å²) in [6, 6.07) is -1.77. The molecule has 1 unspecified atom stereocenters. The molecule has 1 fully saturated rings. The highest BCUT2D eigenvalue weighted by Gasteiger charge is 2.39. The van der Waals surface area contributed by atoms with Crippen molar-refractivity contribution in [3.05, 3.63) is 16.1 Å². The summed E-state index contributed by atoms with van der Waals surface area (Å²) in [6.45, 7) is 3.69. The molecule has 8 heteroatoms. The Balaban J connectivity index is 2.02. The molecule has 0 spiro atoms. The number of carbonyl (C=O) groups excluding carboxylic acids is 1. The van der Waals surface area contributed by atoms with Crippen LogP contribution in [0.2, 0.25) is 0 Å². The summed E-state index contributed by atoms with van der Waals surface area (Å²) in [4.78, 5) is 28.6. The van der Waals surface area contributed by atoms with Gasteiger partial charge in [-0.25, -0.2) is 14.6 Å². The lowest BCUT2D eigenvalue weighted by atomic mass is 10.2. The Hall–Kier alpha value is -1.67. The van der Waals surface area contributed by atoms with E-state index in [0.29, 0.717) is 0 Å². The quantitative estimate of drug-likeness (QED) is 0.764. The summed E-state index contributed by atoms with van der Waals surface area (Å²) < 4.78 is 0. The third-order valence-electron chi connectivity index (χ3n) is 3.17. The Morgan fingerprint density at radius 3 is 2.85 bits per heavy atom. The van der Waals surface area contributed by atoms with E-state index in [9.17, 15) is 14.7 Å². The number of rotatable bonds is 3. The SMILES string of the molecule is Cc1csc(C(C)NC(=O)N2C[C@@H](O)C[C@H]2C(=O)O)n1. The molecule has 7 nitrogen and oxygen atoms in total. The number of β-amino-alcohol motifs (C(OH)–C–C–N with tert-alkyl or cyclic N) is 1. The van der Waals surface area contributed by atoms with Crippen molar-refractivity contribution in [3.8, 4) is 0 Å². The number of aromatic nitrogens is 1. The van der Waals surface area contributed by atoms with Crippen molar-refractivity contribution in [1.82, 2.24) is 15.2 Å². The lowest BCUT2D eigenvalue weighted by Gasteiger charge is -2.23. The molecular weight excluding hydrogens is 282 g/mol. The number of hydrogen-bond donors (Lipinski definition) is 3. The van der Waals surface area contributed by atoms with Crippen LogP contribution in [0, 0.1) is 6.92 Å². The number of nitrogens with one attached hydrogen (secondary N) is 1. The van der Waals surface area contributed by atoms with Gasteiger partial charge in [-0.3, -0.25) is 0 Å². The smallest absolute Gasteiger partial charge is 0.326 e. The van der Waals surface area contributed by atoms with Crippen LogP contribution in [-0.2, 0) is 4.79 Å². The zero-order chi connectivity index (χ0) is 14.9. The maximum absolute atomic E-state index is 12.1. The molecule has 0 aliphatic carbocycles. The molecule has 1 aromatic rings. The number of aryl methyl sites for hydroxylation is 1. The van der Waals surface area contributed by atoms with E-state index in [4.69, 9.17) is 5.11 Å². The number of likely N-dealkylation sites (tertiary alicyclic amines) is 1. The van der Waals surface area contributed by atoms with Gasteiger partial charge >= 0.3 is 12.0 Å². The van der Waals surface area contributed by atoms with Crippen molar-refractivity contribution in [2.24, 2.45) is 0 Å². The fourth-order valence-corrected chi connectivity index (χ4v) is 2.98. The molecule has 0 aromatic carbocycles. The van der Waals surface area contributed by atoms with Crippen molar-refractivity contribution in [2.45, 2.75) is 38.5 Å². The van der Waals surface area contributed by atoms with Crippen molar-refractivity contribution in [2.75, 3.05) is 6.54 Å². The minimum absolute atomic E-state index is 0.0341. The minimum atomic E-state index is -1.10. The summed E-state index contributed by atoms with van der Waals surface area (Å²) in [5.74, 6) is -1.10. The molecule has 1 aliphatic heterocycles. The van der Waals surface area contributed by atoms with Crippen molar-refractivity contribution in [3.63, 3.8) is 0 Å². The fourth-order valence-electron chi connectivity index (χ4n) is 2.17. The van der Waals surface area contributed by atoms with E-state index in [0.717, 1.165) is 15.6 Å². The first kappa shape index (κ1) is 14.7.